The van der Waals surface area contributed by atoms with Gasteiger partial charge < -0.3 is 4.74 Å². The molecule has 114 valence electrons. The lowest BCUT2D eigenvalue weighted by molar-refractivity contribution is -0.135. The number of rotatable bonds is 4. The second-order valence-electron chi connectivity index (χ2n) is 5.44. The van der Waals surface area contributed by atoms with E-state index >= 15 is 0 Å². The molecule has 3 aromatic rings. The highest BCUT2D eigenvalue weighted by molar-refractivity contribution is 5.80. The summed E-state index contributed by atoms with van der Waals surface area (Å²) in [5.41, 5.74) is 3.25. The Bertz CT molecular complexity index is 762. The first-order valence-corrected chi connectivity index (χ1v) is 7.66. The Morgan fingerprint density at radius 1 is 0.739 bits per heavy atom. The molecule has 0 fully saturated rings. The average molecular weight is 302 g/mol. The van der Waals surface area contributed by atoms with E-state index in [2.05, 4.69) is 12.1 Å². The van der Waals surface area contributed by atoms with Gasteiger partial charge in [0.05, 0.1) is 5.92 Å². The highest BCUT2D eigenvalue weighted by Gasteiger charge is 2.17. The highest BCUT2D eigenvalue weighted by atomic mass is 16.5. The molecule has 0 radical (unpaired) electrons. The van der Waals surface area contributed by atoms with E-state index in [4.69, 9.17) is 4.74 Å². The summed E-state index contributed by atoms with van der Waals surface area (Å²) >= 11 is 0. The summed E-state index contributed by atoms with van der Waals surface area (Å²) in [6, 6.07) is 27.4. The number of hydrogen-bond acceptors (Lipinski definition) is 2. The van der Waals surface area contributed by atoms with Crippen LogP contribution in [0.2, 0.25) is 0 Å². The number of carbonyl (C=O) groups is 1. The van der Waals surface area contributed by atoms with Crippen molar-refractivity contribution in [2.75, 3.05) is 0 Å². The zero-order valence-electron chi connectivity index (χ0n) is 13.0. The zero-order chi connectivity index (χ0) is 16.1. The van der Waals surface area contributed by atoms with Crippen molar-refractivity contribution in [2.24, 2.45) is 0 Å². The summed E-state index contributed by atoms with van der Waals surface area (Å²) in [6.07, 6.45) is 0. The Morgan fingerprint density at radius 3 is 1.87 bits per heavy atom. The molecule has 23 heavy (non-hydrogen) atoms. The lowest BCUT2D eigenvalue weighted by Crippen LogP contribution is -2.16. The molecule has 0 aliphatic rings. The van der Waals surface area contributed by atoms with Gasteiger partial charge in [-0.25, -0.2) is 0 Å². The van der Waals surface area contributed by atoms with Gasteiger partial charge in [0.2, 0.25) is 0 Å². The molecule has 3 aromatic carbocycles. The van der Waals surface area contributed by atoms with Crippen LogP contribution in [-0.4, -0.2) is 5.97 Å². The molecule has 0 aromatic heterocycles. The largest absolute Gasteiger partial charge is 0.426 e. The first-order chi connectivity index (χ1) is 11.2. The van der Waals surface area contributed by atoms with E-state index in [1.165, 1.54) is 5.56 Å². The van der Waals surface area contributed by atoms with Crippen LogP contribution in [0.15, 0.2) is 84.9 Å². The van der Waals surface area contributed by atoms with Crippen LogP contribution < -0.4 is 4.74 Å². The molecule has 2 heteroatoms. The predicted molar refractivity (Wildman–Crippen MR) is 92.4 cm³/mol. The molecular weight excluding hydrogens is 284 g/mol. The number of esters is 1. The number of ether oxygens (including phenoxy) is 1. The van der Waals surface area contributed by atoms with Crippen molar-refractivity contribution < 1.29 is 9.53 Å². The smallest absolute Gasteiger partial charge is 0.318 e. The summed E-state index contributed by atoms with van der Waals surface area (Å²) in [5.74, 6) is 0.0222. The average Bonchev–Trinajstić information content (AvgIpc) is 2.63. The van der Waals surface area contributed by atoms with Gasteiger partial charge in [0.15, 0.2) is 0 Å². The summed E-state index contributed by atoms with van der Waals surface area (Å²) < 4.78 is 5.41. The van der Waals surface area contributed by atoms with Crippen LogP contribution in [0.5, 0.6) is 5.75 Å². The minimum atomic E-state index is -0.306. The first kappa shape index (κ1) is 15.0. The minimum Gasteiger partial charge on any atom is -0.426 e. The molecule has 0 bridgehead atoms. The van der Waals surface area contributed by atoms with Crippen LogP contribution >= 0.6 is 0 Å². The molecule has 0 N–H and O–H groups in total. The molecule has 0 aliphatic carbocycles. The molecule has 2 nitrogen and oxygen atoms in total. The second kappa shape index (κ2) is 6.93. The van der Waals surface area contributed by atoms with Crippen molar-refractivity contribution in [3.63, 3.8) is 0 Å². The van der Waals surface area contributed by atoms with Crippen molar-refractivity contribution in [2.45, 2.75) is 12.8 Å². The summed E-state index contributed by atoms with van der Waals surface area (Å²) in [7, 11) is 0. The summed E-state index contributed by atoms with van der Waals surface area (Å²) in [6.45, 7) is 1.86. The number of para-hydroxylation sites is 1. The fourth-order valence-corrected chi connectivity index (χ4v) is 2.42. The maximum absolute atomic E-state index is 12.2. The number of carbonyl (C=O) groups excluding carboxylic acids is 1. The molecular formula is C21H18O2. The predicted octanol–water partition coefficient (Wildman–Crippen LogP) is 5.06. The Kier molecular flexibility index (Phi) is 4.53. The van der Waals surface area contributed by atoms with Crippen LogP contribution in [0.3, 0.4) is 0 Å². The van der Waals surface area contributed by atoms with Crippen LogP contribution in [0.4, 0.5) is 0 Å². The SMILES string of the molecule is C[C@@H](C(=O)Oc1ccccc1)c1ccc(-c2ccccc2)cc1. The van der Waals surface area contributed by atoms with E-state index in [9.17, 15) is 4.79 Å². The fraction of sp³-hybridized carbons (Fsp3) is 0.0952. The number of hydrogen-bond donors (Lipinski definition) is 0. The third kappa shape index (κ3) is 3.67. The Hall–Kier alpha value is -2.87. The van der Waals surface area contributed by atoms with E-state index in [0.717, 1.165) is 11.1 Å². The van der Waals surface area contributed by atoms with Crippen molar-refractivity contribution in [3.05, 3.63) is 90.5 Å². The summed E-state index contributed by atoms with van der Waals surface area (Å²) in [4.78, 5) is 12.2. The van der Waals surface area contributed by atoms with E-state index in [1.54, 1.807) is 12.1 Å². The zero-order valence-corrected chi connectivity index (χ0v) is 13.0. The second-order valence-corrected chi connectivity index (χ2v) is 5.44. The molecule has 0 spiro atoms. The lowest BCUT2D eigenvalue weighted by atomic mass is 9.97. The molecule has 0 heterocycles. The molecule has 0 aliphatic heterocycles. The van der Waals surface area contributed by atoms with E-state index in [1.807, 2.05) is 67.6 Å². The Balaban J connectivity index is 1.72. The highest BCUT2D eigenvalue weighted by Crippen LogP contribution is 2.24. The lowest BCUT2D eigenvalue weighted by Gasteiger charge is -2.12. The molecule has 0 unspecified atom stereocenters. The molecule has 1 atom stereocenters. The van der Waals surface area contributed by atoms with Crippen LogP contribution in [0.25, 0.3) is 11.1 Å². The topological polar surface area (TPSA) is 26.3 Å². The van der Waals surface area contributed by atoms with E-state index < -0.39 is 0 Å². The van der Waals surface area contributed by atoms with Crippen molar-refractivity contribution >= 4 is 5.97 Å². The molecule has 0 saturated carbocycles. The van der Waals surface area contributed by atoms with Gasteiger partial charge in [0.1, 0.15) is 5.75 Å². The van der Waals surface area contributed by atoms with Crippen LogP contribution in [0.1, 0.15) is 18.4 Å². The monoisotopic (exact) mass is 302 g/mol. The first-order valence-electron chi connectivity index (χ1n) is 7.66. The van der Waals surface area contributed by atoms with Gasteiger partial charge in [-0.2, -0.15) is 0 Å². The Morgan fingerprint density at radius 2 is 1.26 bits per heavy atom. The van der Waals surface area contributed by atoms with Crippen molar-refractivity contribution in [3.8, 4) is 16.9 Å². The molecule has 3 rings (SSSR count). The van der Waals surface area contributed by atoms with Gasteiger partial charge in [-0.1, -0.05) is 72.8 Å². The maximum Gasteiger partial charge on any atom is 0.318 e. The minimum absolute atomic E-state index is 0.247. The summed E-state index contributed by atoms with van der Waals surface area (Å²) in [5, 5.41) is 0. The third-order valence-corrected chi connectivity index (χ3v) is 3.83. The van der Waals surface area contributed by atoms with Gasteiger partial charge in [-0.05, 0) is 35.7 Å². The maximum atomic E-state index is 12.2. The van der Waals surface area contributed by atoms with E-state index in [-0.39, 0.29) is 11.9 Å². The van der Waals surface area contributed by atoms with Crippen molar-refractivity contribution in [1.82, 2.24) is 0 Å². The quantitative estimate of drug-likeness (QED) is 0.497. The standard InChI is InChI=1S/C21H18O2/c1-16(21(22)23-20-10-6-3-7-11-20)17-12-14-19(15-13-17)18-8-4-2-5-9-18/h2-16H,1H3/t16-/m1/s1. The van der Waals surface area contributed by atoms with Gasteiger partial charge in [-0.15, -0.1) is 0 Å². The fourth-order valence-electron chi connectivity index (χ4n) is 2.42. The van der Waals surface area contributed by atoms with Gasteiger partial charge in [0, 0.05) is 0 Å². The van der Waals surface area contributed by atoms with Crippen LogP contribution in [0, 0.1) is 0 Å². The van der Waals surface area contributed by atoms with Gasteiger partial charge >= 0.3 is 5.97 Å². The Labute approximate surface area is 136 Å². The van der Waals surface area contributed by atoms with Crippen LogP contribution in [-0.2, 0) is 4.79 Å². The molecule has 0 amide bonds. The molecule has 0 saturated heterocycles. The van der Waals surface area contributed by atoms with Gasteiger partial charge in [0.25, 0.3) is 0 Å². The number of benzene rings is 3. The third-order valence-electron chi connectivity index (χ3n) is 3.83. The van der Waals surface area contributed by atoms with E-state index in [0.29, 0.717) is 5.75 Å². The van der Waals surface area contributed by atoms with Crippen molar-refractivity contribution in [1.29, 1.82) is 0 Å². The van der Waals surface area contributed by atoms with Gasteiger partial charge in [-0.3, -0.25) is 4.79 Å². The normalized spacial score (nSPS) is 11.7.